The molecule has 132 valence electrons. The van der Waals surface area contributed by atoms with Gasteiger partial charge in [-0.3, -0.25) is 0 Å². The van der Waals surface area contributed by atoms with Crippen molar-refractivity contribution in [2.45, 2.75) is 45.4 Å². The molecule has 24 heavy (non-hydrogen) atoms. The standard InChI is InChI=1S/C22H34N2/c1-4-5-6-7-8-11-17-24(19-18-23(2)3)22-16-12-14-20-13-9-10-15-21(20)22/h9-10,12-16H,4-8,11,17-19H2,1-3H3. The van der Waals surface area contributed by atoms with Crippen molar-refractivity contribution in [1.82, 2.24) is 4.90 Å². The van der Waals surface area contributed by atoms with Crippen LogP contribution in [0.3, 0.4) is 0 Å². The van der Waals surface area contributed by atoms with Crippen LogP contribution in [0.1, 0.15) is 45.4 Å². The predicted molar refractivity (Wildman–Crippen MR) is 108 cm³/mol. The van der Waals surface area contributed by atoms with Crippen LogP contribution in [0.4, 0.5) is 5.69 Å². The third-order valence-electron chi connectivity index (χ3n) is 4.71. The maximum atomic E-state index is 2.59. The highest BCUT2D eigenvalue weighted by Crippen LogP contribution is 2.27. The van der Waals surface area contributed by atoms with E-state index in [1.165, 1.54) is 55.0 Å². The molecule has 0 heterocycles. The normalized spacial score (nSPS) is 11.3. The Labute approximate surface area is 148 Å². The van der Waals surface area contributed by atoms with Crippen molar-refractivity contribution in [2.24, 2.45) is 0 Å². The molecule has 0 spiro atoms. The van der Waals surface area contributed by atoms with Crippen molar-refractivity contribution in [3.05, 3.63) is 42.5 Å². The minimum absolute atomic E-state index is 1.09. The summed E-state index contributed by atoms with van der Waals surface area (Å²) in [7, 11) is 4.32. The van der Waals surface area contributed by atoms with Crippen LogP contribution >= 0.6 is 0 Å². The van der Waals surface area contributed by atoms with Gasteiger partial charge in [0.1, 0.15) is 0 Å². The molecule has 0 radical (unpaired) electrons. The number of rotatable bonds is 11. The second kappa shape index (κ2) is 10.4. The Bertz CT molecular complexity index is 586. The van der Waals surface area contributed by atoms with Crippen LogP contribution in [-0.2, 0) is 0 Å². The molecular formula is C22H34N2. The summed E-state index contributed by atoms with van der Waals surface area (Å²) in [6, 6.07) is 15.5. The number of nitrogens with zero attached hydrogens (tertiary/aromatic N) is 2. The van der Waals surface area contributed by atoms with E-state index < -0.39 is 0 Å². The van der Waals surface area contributed by atoms with Crippen LogP contribution < -0.4 is 4.90 Å². The molecule has 0 atom stereocenters. The van der Waals surface area contributed by atoms with Gasteiger partial charge in [0.2, 0.25) is 0 Å². The summed E-state index contributed by atoms with van der Waals surface area (Å²) < 4.78 is 0. The molecule has 2 nitrogen and oxygen atoms in total. The van der Waals surface area contributed by atoms with Crippen molar-refractivity contribution < 1.29 is 0 Å². The first-order chi connectivity index (χ1) is 11.7. The summed E-state index contributed by atoms with van der Waals surface area (Å²) in [6.07, 6.45) is 8.12. The average molecular weight is 327 g/mol. The van der Waals surface area contributed by atoms with Gasteiger partial charge in [-0.05, 0) is 32.0 Å². The Balaban J connectivity index is 2.04. The first-order valence-corrected chi connectivity index (χ1v) is 9.60. The summed E-state index contributed by atoms with van der Waals surface area (Å²) in [5.74, 6) is 0. The van der Waals surface area contributed by atoms with E-state index in [9.17, 15) is 0 Å². The maximum absolute atomic E-state index is 2.59. The minimum atomic E-state index is 1.09. The highest BCUT2D eigenvalue weighted by atomic mass is 15.2. The van der Waals surface area contributed by atoms with Gasteiger partial charge in [-0.15, -0.1) is 0 Å². The molecule has 2 aromatic carbocycles. The molecule has 0 aliphatic rings. The van der Waals surface area contributed by atoms with Gasteiger partial charge in [-0.1, -0.05) is 75.4 Å². The number of hydrogen-bond acceptors (Lipinski definition) is 2. The van der Waals surface area contributed by atoms with Gasteiger partial charge >= 0.3 is 0 Å². The molecule has 0 N–H and O–H groups in total. The highest BCUT2D eigenvalue weighted by Gasteiger charge is 2.10. The summed E-state index contributed by atoms with van der Waals surface area (Å²) in [5, 5.41) is 2.72. The molecule has 0 aromatic heterocycles. The lowest BCUT2D eigenvalue weighted by molar-refractivity contribution is 0.412. The molecule has 0 saturated carbocycles. The van der Waals surface area contributed by atoms with E-state index in [0.29, 0.717) is 0 Å². The smallest absolute Gasteiger partial charge is 0.0446 e. The molecule has 0 unspecified atom stereocenters. The SMILES string of the molecule is CCCCCCCCN(CCN(C)C)c1cccc2ccccc12. The lowest BCUT2D eigenvalue weighted by atomic mass is 10.1. The van der Waals surface area contributed by atoms with Gasteiger partial charge in [-0.2, -0.15) is 0 Å². The fraction of sp³-hybridized carbons (Fsp3) is 0.545. The highest BCUT2D eigenvalue weighted by molar-refractivity contribution is 5.94. The molecule has 0 fully saturated rings. The molecule has 0 aliphatic heterocycles. The molecule has 0 saturated heterocycles. The van der Waals surface area contributed by atoms with Crippen molar-refractivity contribution in [3.63, 3.8) is 0 Å². The zero-order valence-corrected chi connectivity index (χ0v) is 15.8. The number of fused-ring (bicyclic) bond motifs is 1. The van der Waals surface area contributed by atoms with Crippen LogP contribution in [0.25, 0.3) is 10.8 Å². The first-order valence-electron chi connectivity index (χ1n) is 9.60. The number of hydrogen-bond donors (Lipinski definition) is 0. The second-order valence-electron chi connectivity index (χ2n) is 7.06. The zero-order valence-electron chi connectivity index (χ0n) is 15.8. The largest absolute Gasteiger partial charge is 0.370 e. The Morgan fingerprint density at radius 2 is 1.42 bits per heavy atom. The van der Waals surface area contributed by atoms with E-state index >= 15 is 0 Å². The first kappa shape index (κ1) is 18.8. The van der Waals surface area contributed by atoms with Crippen LogP contribution in [0.2, 0.25) is 0 Å². The lowest BCUT2D eigenvalue weighted by Crippen LogP contribution is -2.32. The number of likely N-dealkylation sites (N-methyl/N-ethyl adjacent to an activating group) is 1. The monoisotopic (exact) mass is 326 g/mol. The molecule has 0 bridgehead atoms. The van der Waals surface area contributed by atoms with Crippen molar-refractivity contribution in [2.75, 3.05) is 38.6 Å². The molecular weight excluding hydrogens is 292 g/mol. The van der Waals surface area contributed by atoms with Crippen molar-refractivity contribution >= 4 is 16.5 Å². The summed E-state index contributed by atoms with van der Waals surface area (Å²) in [4.78, 5) is 4.86. The topological polar surface area (TPSA) is 6.48 Å². The van der Waals surface area contributed by atoms with E-state index in [0.717, 1.165) is 19.6 Å². The number of unbranched alkanes of at least 4 members (excludes halogenated alkanes) is 5. The number of anilines is 1. The third kappa shape index (κ3) is 5.83. The lowest BCUT2D eigenvalue weighted by Gasteiger charge is -2.28. The summed E-state index contributed by atoms with van der Waals surface area (Å²) in [6.45, 7) is 5.63. The molecule has 0 amide bonds. The van der Waals surface area contributed by atoms with E-state index in [1.54, 1.807) is 0 Å². The summed E-state index contributed by atoms with van der Waals surface area (Å²) in [5.41, 5.74) is 1.39. The van der Waals surface area contributed by atoms with E-state index in [4.69, 9.17) is 0 Å². The van der Waals surface area contributed by atoms with Gasteiger partial charge < -0.3 is 9.80 Å². The van der Waals surface area contributed by atoms with Gasteiger partial charge in [0, 0.05) is 30.7 Å². The zero-order chi connectivity index (χ0) is 17.2. The van der Waals surface area contributed by atoms with Crippen molar-refractivity contribution in [1.29, 1.82) is 0 Å². The molecule has 2 heteroatoms. The third-order valence-corrected chi connectivity index (χ3v) is 4.71. The van der Waals surface area contributed by atoms with E-state index in [-0.39, 0.29) is 0 Å². The van der Waals surface area contributed by atoms with Crippen LogP contribution in [-0.4, -0.2) is 38.6 Å². The second-order valence-corrected chi connectivity index (χ2v) is 7.06. The van der Waals surface area contributed by atoms with Crippen LogP contribution in [0.15, 0.2) is 42.5 Å². The molecule has 0 aliphatic carbocycles. The van der Waals surface area contributed by atoms with E-state index in [1.807, 2.05) is 0 Å². The Hall–Kier alpha value is -1.54. The Morgan fingerprint density at radius 3 is 2.21 bits per heavy atom. The molecule has 2 rings (SSSR count). The van der Waals surface area contributed by atoms with Gasteiger partial charge in [0.15, 0.2) is 0 Å². The maximum Gasteiger partial charge on any atom is 0.0446 e. The van der Waals surface area contributed by atoms with Gasteiger partial charge in [-0.25, -0.2) is 0 Å². The summed E-state index contributed by atoms with van der Waals surface area (Å²) >= 11 is 0. The van der Waals surface area contributed by atoms with Gasteiger partial charge in [0.25, 0.3) is 0 Å². The van der Waals surface area contributed by atoms with Crippen LogP contribution in [0, 0.1) is 0 Å². The quantitative estimate of drug-likeness (QED) is 0.498. The fourth-order valence-electron chi connectivity index (χ4n) is 3.24. The fourth-order valence-corrected chi connectivity index (χ4v) is 3.24. The predicted octanol–water partition coefficient (Wildman–Crippen LogP) is 5.57. The Kier molecular flexibility index (Phi) is 8.11. The van der Waals surface area contributed by atoms with Gasteiger partial charge in [0.05, 0.1) is 0 Å². The average Bonchev–Trinajstić information content (AvgIpc) is 2.60. The molecule has 2 aromatic rings. The number of benzene rings is 2. The van der Waals surface area contributed by atoms with E-state index in [2.05, 4.69) is 73.3 Å². The van der Waals surface area contributed by atoms with Crippen LogP contribution in [0.5, 0.6) is 0 Å². The Morgan fingerprint density at radius 1 is 0.708 bits per heavy atom. The van der Waals surface area contributed by atoms with Crippen molar-refractivity contribution in [3.8, 4) is 0 Å². The minimum Gasteiger partial charge on any atom is -0.370 e.